The van der Waals surface area contributed by atoms with Crippen molar-refractivity contribution in [3.63, 3.8) is 0 Å². The van der Waals surface area contributed by atoms with Gasteiger partial charge in [0.15, 0.2) is 11.6 Å². The summed E-state index contributed by atoms with van der Waals surface area (Å²) in [5.74, 6) is -0.632. The van der Waals surface area contributed by atoms with Gasteiger partial charge in [0.25, 0.3) is 0 Å². The van der Waals surface area contributed by atoms with E-state index >= 15 is 0 Å². The van der Waals surface area contributed by atoms with Gasteiger partial charge in [0.05, 0.1) is 18.8 Å². The lowest BCUT2D eigenvalue weighted by Gasteiger charge is -2.24. The molecule has 1 aromatic carbocycles. The molecule has 29 heavy (non-hydrogen) atoms. The third kappa shape index (κ3) is 3.70. The summed E-state index contributed by atoms with van der Waals surface area (Å²) in [4.78, 5) is 25.9. The van der Waals surface area contributed by atoms with Crippen LogP contribution >= 0.6 is 0 Å². The van der Waals surface area contributed by atoms with E-state index in [0.29, 0.717) is 37.3 Å². The van der Waals surface area contributed by atoms with Crippen LogP contribution in [-0.4, -0.2) is 55.7 Å². The molecular weight excluding hydrogens is 386 g/mol. The second-order valence-corrected chi connectivity index (χ2v) is 7.74. The van der Waals surface area contributed by atoms with Crippen molar-refractivity contribution in [2.45, 2.75) is 19.4 Å². The van der Waals surface area contributed by atoms with Gasteiger partial charge in [0, 0.05) is 38.4 Å². The van der Waals surface area contributed by atoms with E-state index in [1.807, 2.05) is 0 Å². The number of amides is 2. The zero-order valence-corrected chi connectivity index (χ0v) is 15.8. The third-order valence-corrected chi connectivity index (χ3v) is 5.91. The van der Waals surface area contributed by atoms with Crippen molar-refractivity contribution in [1.82, 2.24) is 5.32 Å². The molecule has 3 fully saturated rings. The molecule has 8 nitrogen and oxygen atoms in total. The average molecular weight is 408 g/mol. The molecule has 1 saturated carbocycles. The second kappa shape index (κ2) is 7.49. The molecule has 0 aromatic heterocycles. The Morgan fingerprint density at radius 2 is 1.97 bits per heavy atom. The maximum absolute atomic E-state index is 14.8. The van der Waals surface area contributed by atoms with Gasteiger partial charge in [-0.1, -0.05) is 0 Å². The fraction of sp³-hybridized carbons (Fsp3) is 0.526. The molecule has 2 amide bonds. The Hall–Kier alpha value is -2.91. The first-order chi connectivity index (χ1) is 13.9. The van der Waals surface area contributed by atoms with Gasteiger partial charge in [-0.2, -0.15) is 0 Å². The maximum Gasteiger partial charge on any atom is 0.414 e. The fourth-order valence-corrected chi connectivity index (χ4v) is 4.46. The van der Waals surface area contributed by atoms with E-state index in [1.165, 1.54) is 13.1 Å². The van der Waals surface area contributed by atoms with Crippen molar-refractivity contribution in [2.75, 3.05) is 36.0 Å². The first-order valence-corrected chi connectivity index (χ1v) is 9.51. The molecule has 4 rings (SSSR count). The number of nitrogens with zero attached hydrogens (tertiary/aromatic N) is 3. The predicted molar refractivity (Wildman–Crippen MR) is 100 cm³/mol. The zero-order chi connectivity index (χ0) is 20.7. The summed E-state index contributed by atoms with van der Waals surface area (Å²) < 4.78 is 34.7. The number of halogens is 2. The van der Waals surface area contributed by atoms with Crippen molar-refractivity contribution in [3.05, 3.63) is 23.8 Å². The number of ether oxygens (including phenoxy) is 1. The standard InChI is InChI=1S/C19H22F2N4O4/c1-10(26)22-6-12-7-25(19(27)29-12)11-4-16(20)18(17(21)5-11)24-8-14-13(2-3-23-28)15(14)9-24/h3-5,12-15,28H,2,6-9H2,1H3,(H,22,26)/b23-3+/t12-,13?,14-,15+/m0/s1. The number of hydrogen-bond donors (Lipinski definition) is 2. The highest BCUT2D eigenvalue weighted by molar-refractivity contribution is 5.90. The van der Waals surface area contributed by atoms with Crippen LogP contribution in [0.3, 0.4) is 0 Å². The summed E-state index contributed by atoms with van der Waals surface area (Å²) in [5.41, 5.74) is -0.00153. The highest BCUT2D eigenvalue weighted by atomic mass is 19.1. The van der Waals surface area contributed by atoms with Crippen LogP contribution in [0.1, 0.15) is 13.3 Å². The first-order valence-electron chi connectivity index (χ1n) is 9.51. The Morgan fingerprint density at radius 1 is 1.31 bits per heavy atom. The molecule has 2 heterocycles. The number of carbonyl (C=O) groups excluding carboxylic acids is 2. The number of nitrogens with one attached hydrogen (secondary N) is 1. The lowest BCUT2D eigenvalue weighted by molar-refractivity contribution is -0.119. The van der Waals surface area contributed by atoms with Gasteiger partial charge in [-0.25, -0.2) is 13.6 Å². The second-order valence-electron chi connectivity index (χ2n) is 7.74. The van der Waals surface area contributed by atoms with E-state index in [1.54, 1.807) is 4.90 Å². The summed E-state index contributed by atoms with van der Waals surface area (Å²) in [7, 11) is 0. The summed E-state index contributed by atoms with van der Waals surface area (Å²) >= 11 is 0. The third-order valence-electron chi connectivity index (χ3n) is 5.91. The molecular formula is C19H22F2N4O4. The SMILES string of the molecule is CC(=O)NC[C@H]1CN(c2cc(F)c(N3C[C@@H]4C(C/C=N/O)[C@@H]4C3)c(F)c2)C(=O)O1. The number of fused-ring (bicyclic) bond motifs is 1. The maximum atomic E-state index is 14.8. The molecule has 0 radical (unpaired) electrons. The Bertz CT molecular complexity index is 830. The van der Waals surface area contributed by atoms with Crippen LogP contribution < -0.4 is 15.1 Å². The smallest absolute Gasteiger partial charge is 0.414 e. The highest BCUT2D eigenvalue weighted by Gasteiger charge is 2.55. The summed E-state index contributed by atoms with van der Waals surface area (Å²) in [6, 6.07) is 2.28. The number of carbonyl (C=O) groups is 2. The van der Waals surface area contributed by atoms with Crippen molar-refractivity contribution in [1.29, 1.82) is 0 Å². The minimum Gasteiger partial charge on any atom is -0.442 e. The highest BCUT2D eigenvalue weighted by Crippen LogP contribution is 2.54. The molecule has 1 unspecified atom stereocenters. The molecule has 4 atom stereocenters. The molecule has 2 saturated heterocycles. The molecule has 1 aromatic rings. The predicted octanol–water partition coefficient (Wildman–Crippen LogP) is 1.96. The monoisotopic (exact) mass is 408 g/mol. The van der Waals surface area contributed by atoms with Gasteiger partial charge in [0.1, 0.15) is 11.8 Å². The Morgan fingerprint density at radius 3 is 2.55 bits per heavy atom. The van der Waals surface area contributed by atoms with Crippen LogP contribution in [0.2, 0.25) is 0 Å². The number of rotatable bonds is 6. The van der Waals surface area contributed by atoms with Crippen LogP contribution in [0.4, 0.5) is 25.0 Å². The number of benzene rings is 1. The molecule has 3 aliphatic rings. The van der Waals surface area contributed by atoms with E-state index in [4.69, 9.17) is 9.94 Å². The molecule has 2 N–H and O–H groups in total. The molecule has 156 valence electrons. The number of anilines is 2. The number of hydrogen-bond acceptors (Lipinski definition) is 6. The first kappa shape index (κ1) is 19.4. The topological polar surface area (TPSA) is 94.5 Å². The summed E-state index contributed by atoms with van der Waals surface area (Å²) in [6.07, 6.45) is 0.836. The van der Waals surface area contributed by atoms with Gasteiger partial charge in [0.2, 0.25) is 5.91 Å². The molecule has 10 heteroatoms. The van der Waals surface area contributed by atoms with E-state index < -0.39 is 23.8 Å². The van der Waals surface area contributed by atoms with Gasteiger partial charge < -0.3 is 20.2 Å². The Balaban J connectivity index is 1.43. The Labute approximate surface area is 166 Å². The van der Waals surface area contributed by atoms with Crippen molar-refractivity contribution in [2.24, 2.45) is 22.9 Å². The number of oxime groups is 1. The van der Waals surface area contributed by atoms with Crippen LogP contribution in [0.5, 0.6) is 0 Å². The molecule has 2 aliphatic heterocycles. The van der Waals surface area contributed by atoms with Crippen molar-refractivity contribution in [3.8, 4) is 0 Å². The van der Waals surface area contributed by atoms with E-state index in [2.05, 4.69) is 10.5 Å². The van der Waals surface area contributed by atoms with E-state index in [-0.39, 0.29) is 30.4 Å². The lowest BCUT2D eigenvalue weighted by Crippen LogP contribution is -2.33. The minimum atomic E-state index is -0.729. The Kier molecular flexibility index (Phi) is 5.01. The largest absolute Gasteiger partial charge is 0.442 e. The number of cyclic esters (lactones) is 1. The van der Waals surface area contributed by atoms with Crippen LogP contribution in [-0.2, 0) is 9.53 Å². The average Bonchev–Trinajstić information content (AvgIpc) is 2.99. The zero-order valence-electron chi connectivity index (χ0n) is 15.8. The molecule has 1 aliphatic carbocycles. The van der Waals surface area contributed by atoms with Crippen molar-refractivity contribution >= 4 is 29.6 Å². The van der Waals surface area contributed by atoms with Crippen LogP contribution in [0.15, 0.2) is 17.3 Å². The van der Waals surface area contributed by atoms with Gasteiger partial charge in [-0.3, -0.25) is 9.69 Å². The molecule has 0 bridgehead atoms. The number of piperidine rings is 1. The minimum absolute atomic E-state index is 0.0838. The van der Waals surface area contributed by atoms with Gasteiger partial charge >= 0.3 is 6.09 Å². The van der Waals surface area contributed by atoms with E-state index in [9.17, 15) is 18.4 Å². The normalized spacial score (nSPS) is 28.0. The van der Waals surface area contributed by atoms with Crippen LogP contribution in [0.25, 0.3) is 0 Å². The fourth-order valence-electron chi connectivity index (χ4n) is 4.46. The van der Waals surface area contributed by atoms with Crippen molar-refractivity contribution < 1.29 is 28.3 Å². The van der Waals surface area contributed by atoms with Crippen LogP contribution in [0, 0.1) is 29.4 Å². The van der Waals surface area contributed by atoms with Gasteiger partial charge in [-0.05, 0) is 24.2 Å². The molecule has 0 spiro atoms. The van der Waals surface area contributed by atoms with E-state index in [0.717, 1.165) is 17.0 Å². The summed E-state index contributed by atoms with van der Waals surface area (Å²) in [5, 5.41) is 14.1. The lowest BCUT2D eigenvalue weighted by atomic mass is 10.1. The quantitative estimate of drug-likeness (QED) is 0.426. The van der Waals surface area contributed by atoms with Gasteiger partial charge in [-0.15, -0.1) is 5.16 Å². The summed E-state index contributed by atoms with van der Waals surface area (Å²) in [6.45, 7) is 2.68.